The van der Waals surface area contributed by atoms with E-state index < -0.39 is 0 Å². The van der Waals surface area contributed by atoms with Crippen LogP contribution in [0.1, 0.15) is 44.2 Å². The standard InChI is InChI=1S/C22H30N6O2/c1-14(13-30-3)26-22-25-12-20-18(16-8-9-24-21(10-16)23-2)11-19(28(20)27-22)15-4-6-17(29)7-5-15/h8-12,14-15,17,29H,4-7,13H2,1-3H3,(H,23,24)(H,26,27)/t14-,15-,17-/m0/s1. The van der Waals surface area contributed by atoms with Crippen molar-refractivity contribution < 1.29 is 9.84 Å². The number of aliphatic hydroxyl groups excluding tert-OH is 1. The summed E-state index contributed by atoms with van der Waals surface area (Å²) in [4.78, 5) is 8.89. The van der Waals surface area contributed by atoms with Crippen molar-refractivity contribution in [2.45, 2.75) is 50.7 Å². The number of anilines is 2. The Morgan fingerprint density at radius 2 is 2.03 bits per heavy atom. The number of hydrogen-bond donors (Lipinski definition) is 3. The normalized spacial score (nSPS) is 20.3. The van der Waals surface area contributed by atoms with Crippen LogP contribution in [0, 0.1) is 0 Å². The minimum absolute atomic E-state index is 0.106. The molecule has 1 aliphatic rings. The van der Waals surface area contributed by atoms with Crippen LogP contribution in [0.25, 0.3) is 16.6 Å². The summed E-state index contributed by atoms with van der Waals surface area (Å²) >= 11 is 0. The van der Waals surface area contributed by atoms with Crippen LogP contribution < -0.4 is 10.6 Å². The smallest absolute Gasteiger partial charge is 0.241 e. The van der Waals surface area contributed by atoms with Crippen molar-refractivity contribution in [1.29, 1.82) is 0 Å². The summed E-state index contributed by atoms with van der Waals surface area (Å²) in [7, 11) is 3.55. The summed E-state index contributed by atoms with van der Waals surface area (Å²) in [5.74, 6) is 1.76. The van der Waals surface area contributed by atoms with E-state index in [-0.39, 0.29) is 12.1 Å². The van der Waals surface area contributed by atoms with Gasteiger partial charge < -0.3 is 20.5 Å². The lowest BCUT2D eigenvalue weighted by molar-refractivity contribution is 0.121. The molecule has 0 spiro atoms. The molecule has 3 aromatic heterocycles. The first-order valence-corrected chi connectivity index (χ1v) is 10.6. The van der Waals surface area contributed by atoms with E-state index in [0.29, 0.717) is 18.5 Å². The second-order valence-electron chi connectivity index (χ2n) is 8.05. The molecule has 30 heavy (non-hydrogen) atoms. The highest BCUT2D eigenvalue weighted by Crippen LogP contribution is 2.37. The summed E-state index contributed by atoms with van der Waals surface area (Å²) in [6.07, 6.45) is 7.07. The number of aliphatic hydroxyl groups is 1. The van der Waals surface area contributed by atoms with E-state index in [1.165, 1.54) is 5.69 Å². The van der Waals surface area contributed by atoms with Gasteiger partial charge in [0.05, 0.1) is 24.4 Å². The summed E-state index contributed by atoms with van der Waals surface area (Å²) in [5, 5.41) is 21.2. The van der Waals surface area contributed by atoms with Crippen LogP contribution in [0.5, 0.6) is 0 Å². The van der Waals surface area contributed by atoms with Gasteiger partial charge in [-0.05, 0) is 56.4 Å². The van der Waals surface area contributed by atoms with Gasteiger partial charge >= 0.3 is 0 Å². The highest BCUT2D eigenvalue weighted by Gasteiger charge is 2.25. The maximum Gasteiger partial charge on any atom is 0.241 e. The van der Waals surface area contributed by atoms with Crippen molar-refractivity contribution in [3.63, 3.8) is 0 Å². The number of methoxy groups -OCH3 is 1. The van der Waals surface area contributed by atoms with Gasteiger partial charge in [-0.15, -0.1) is 5.10 Å². The Kier molecular flexibility index (Phi) is 6.15. The number of ether oxygens (including phenoxy) is 1. The van der Waals surface area contributed by atoms with Gasteiger partial charge in [0.2, 0.25) is 5.95 Å². The topological polar surface area (TPSA) is 96.6 Å². The monoisotopic (exact) mass is 410 g/mol. The van der Waals surface area contributed by atoms with Crippen LogP contribution >= 0.6 is 0 Å². The maximum absolute atomic E-state index is 9.95. The summed E-state index contributed by atoms with van der Waals surface area (Å²) in [5.41, 5.74) is 4.30. The first-order chi connectivity index (χ1) is 14.6. The minimum atomic E-state index is -0.188. The lowest BCUT2D eigenvalue weighted by atomic mass is 9.85. The predicted octanol–water partition coefficient (Wildman–Crippen LogP) is 3.30. The van der Waals surface area contributed by atoms with Crippen molar-refractivity contribution >= 4 is 17.3 Å². The van der Waals surface area contributed by atoms with Crippen LogP contribution in [0.3, 0.4) is 0 Å². The van der Waals surface area contributed by atoms with E-state index in [1.54, 1.807) is 7.11 Å². The molecule has 0 unspecified atom stereocenters. The van der Waals surface area contributed by atoms with Crippen molar-refractivity contribution in [3.05, 3.63) is 36.3 Å². The van der Waals surface area contributed by atoms with Gasteiger partial charge in [0.15, 0.2) is 0 Å². The Balaban J connectivity index is 1.78. The van der Waals surface area contributed by atoms with Gasteiger partial charge in [0.1, 0.15) is 5.82 Å². The lowest BCUT2D eigenvalue weighted by Crippen LogP contribution is -2.23. The molecule has 0 amide bonds. The number of rotatable bonds is 7. The number of fused-ring (bicyclic) bond motifs is 1. The molecular weight excluding hydrogens is 380 g/mol. The fraction of sp³-hybridized carbons (Fsp3) is 0.500. The zero-order valence-corrected chi connectivity index (χ0v) is 17.8. The number of nitrogens with one attached hydrogen (secondary N) is 2. The summed E-state index contributed by atoms with van der Waals surface area (Å²) in [6.45, 7) is 2.62. The molecule has 1 aliphatic carbocycles. The summed E-state index contributed by atoms with van der Waals surface area (Å²) < 4.78 is 7.24. The quantitative estimate of drug-likeness (QED) is 0.550. The van der Waals surface area contributed by atoms with Crippen LogP contribution in [-0.2, 0) is 4.74 Å². The van der Waals surface area contributed by atoms with Crippen LogP contribution in [0.15, 0.2) is 30.6 Å². The Morgan fingerprint density at radius 1 is 1.23 bits per heavy atom. The molecular formula is C22H30N6O2. The average molecular weight is 411 g/mol. The predicted molar refractivity (Wildman–Crippen MR) is 118 cm³/mol. The van der Waals surface area contributed by atoms with Gasteiger partial charge in [-0.25, -0.2) is 14.5 Å². The fourth-order valence-corrected chi connectivity index (χ4v) is 4.22. The second-order valence-corrected chi connectivity index (χ2v) is 8.05. The van der Waals surface area contributed by atoms with E-state index >= 15 is 0 Å². The molecule has 0 bridgehead atoms. The van der Waals surface area contributed by atoms with Crippen molar-refractivity contribution in [3.8, 4) is 11.1 Å². The number of pyridine rings is 1. The molecule has 1 atom stereocenters. The molecule has 1 fully saturated rings. The van der Waals surface area contributed by atoms with Crippen LogP contribution in [0.2, 0.25) is 0 Å². The number of nitrogens with zero attached hydrogens (tertiary/aromatic N) is 4. The van der Waals surface area contributed by atoms with Gasteiger partial charge in [-0.1, -0.05) is 0 Å². The second kappa shape index (κ2) is 8.97. The molecule has 0 aliphatic heterocycles. The molecule has 160 valence electrons. The van der Waals surface area contributed by atoms with E-state index in [9.17, 15) is 5.11 Å². The average Bonchev–Trinajstić information content (AvgIpc) is 3.13. The SMILES string of the molecule is CNc1cc(-c2cc([C@H]3CC[C@H](O)CC3)n3nc(N[C@@H](C)COC)ncc23)ccn1. The third-order valence-electron chi connectivity index (χ3n) is 5.78. The van der Waals surface area contributed by atoms with Gasteiger partial charge in [-0.2, -0.15) is 0 Å². The lowest BCUT2D eigenvalue weighted by Gasteiger charge is -2.25. The van der Waals surface area contributed by atoms with E-state index in [2.05, 4.69) is 26.7 Å². The van der Waals surface area contributed by atoms with E-state index in [1.807, 2.05) is 43.0 Å². The zero-order chi connectivity index (χ0) is 21.1. The van der Waals surface area contributed by atoms with Crippen molar-refractivity contribution in [2.75, 3.05) is 31.4 Å². The molecule has 0 saturated heterocycles. The molecule has 3 N–H and O–H groups in total. The van der Waals surface area contributed by atoms with Crippen LogP contribution in [0.4, 0.5) is 11.8 Å². The third-order valence-corrected chi connectivity index (χ3v) is 5.78. The Morgan fingerprint density at radius 3 is 2.77 bits per heavy atom. The highest BCUT2D eigenvalue weighted by molar-refractivity contribution is 5.82. The molecule has 0 radical (unpaired) electrons. The minimum Gasteiger partial charge on any atom is -0.393 e. The van der Waals surface area contributed by atoms with Gasteiger partial charge in [0.25, 0.3) is 0 Å². The first kappa shape index (κ1) is 20.6. The molecule has 1 saturated carbocycles. The van der Waals surface area contributed by atoms with Crippen LogP contribution in [-0.4, -0.2) is 57.6 Å². The van der Waals surface area contributed by atoms with E-state index in [4.69, 9.17) is 9.84 Å². The molecule has 8 nitrogen and oxygen atoms in total. The third kappa shape index (κ3) is 4.24. The largest absolute Gasteiger partial charge is 0.393 e. The maximum atomic E-state index is 9.95. The molecule has 3 heterocycles. The Labute approximate surface area is 176 Å². The van der Waals surface area contributed by atoms with Gasteiger partial charge in [-0.3, -0.25) is 0 Å². The van der Waals surface area contributed by atoms with E-state index in [0.717, 1.165) is 48.1 Å². The fourth-order valence-electron chi connectivity index (χ4n) is 4.22. The number of aromatic nitrogens is 4. The van der Waals surface area contributed by atoms with Crippen molar-refractivity contribution in [1.82, 2.24) is 19.6 Å². The molecule has 3 aromatic rings. The summed E-state index contributed by atoms with van der Waals surface area (Å²) in [6, 6.07) is 6.38. The zero-order valence-electron chi connectivity index (χ0n) is 17.8. The molecule has 4 rings (SSSR count). The Hall–Kier alpha value is -2.71. The molecule has 0 aromatic carbocycles. The van der Waals surface area contributed by atoms with Crippen molar-refractivity contribution in [2.24, 2.45) is 0 Å². The molecule has 8 heteroatoms. The number of hydrogen-bond acceptors (Lipinski definition) is 7. The highest BCUT2D eigenvalue weighted by atomic mass is 16.5. The van der Waals surface area contributed by atoms with Gasteiger partial charge in [0, 0.05) is 43.6 Å². The first-order valence-electron chi connectivity index (χ1n) is 10.6. The Bertz CT molecular complexity index is 996.